The summed E-state index contributed by atoms with van der Waals surface area (Å²) in [6.45, 7) is 4.40. The van der Waals surface area contributed by atoms with Crippen molar-refractivity contribution < 1.29 is 13.0 Å². The Morgan fingerprint density at radius 2 is 1.91 bits per heavy atom. The van der Waals surface area contributed by atoms with Crippen molar-refractivity contribution in [1.82, 2.24) is 15.0 Å². The van der Waals surface area contributed by atoms with Gasteiger partial charge in [-0.05, 0) is 48.7 Å². The highest BCUT2D eigenvalue weighted by Gasteiger charge is 2.12. The third-order valence-electron chi connectivity index (χ3n) is 2.88. The van der Waals surface area contributed by atoms with Crippen LogP contribution in [0, 0.1) is 6.92 Å². The van der Waals surface area contributed by atoms with E-state index in [0.29, 0.717) is 23.7 Å². The summed E-state index contributed by atoms with van der Waals surface area (Å²) in [5.41, 5.74) is 1.18. The number of nitrogens with one attached hydrogen (secondary N) is 2. The molecule has 10 heteroatoms. The number of halogens is 1. The van der Waals surface area contributed by atoms with Gasteiger partial charge in [-0.3, -0.25) is 4.55 Å². The van der Waals surface area contributed by atoms with Crippen LogP contribution in [0.5, 0.6) is 0 Å². The molecule has 0 amide bonds. The van der Waals surface area contributed by atoms with Crippen LogP contribution in [0.1, 0.15) is 18.9 Å². The molecule has 0 aliphatic carbocycles. The molecule has 0 bridgehead atoms. The summed E-state index contributed by atoms with van der Waals surface area (Å²) in [6, 6.07) is 4.13. The molecule has 2 aromatic rings. The Balaban J connectivity index is 2.27. The first-order valence-corrected chi connectivity index (χ1v) is 8.62. The molecule has 0 aliphatic heterocycles. The van der Waals surface area contributed by atoms with Gasteiger partial charge >= 0.3 is 0 Å². The highest BCUT2D eigenvalue weighted by atomic mass is 35.5. The number of anilines is 3. The van der Waals surface area contributed by atoms with Crippen molar-refractivity contribution in [2.75, 3.05) is 17.2 Å². The van der Waals surface area contributed by atoms with Crippen LogP contribution in [-0.2, 0) is 10.1 Å². The summed E-state index contributed by atoms with van der Waals surface area (Å²) in [5, 5.41) is 5.99. The monoisotopic (exact) mass is 357 g/mol. The summed E-state index contributed by atoms with van der Waals surface area (Å²) >= 11 is 5.87. The van der Waals surface area contributed by atoms with E-state index in [-0.39, 0.29) is 16.1 Å². The summed E-state index contributed by atoms with van der Waals surface area (Å²) < 4.78 is 31.3. The molecule has 0 spiro atoms. The van der Waals surface area contributed by atoms with E-state index in [4.69, 9.17) is 16.2 Å². The second-order valence-electron chi connectivity index (χ2n) is 4.76. The predicted molar refractivity (Wildman–Crippen MR) is 87.9 cm³/mol. The van der Waals surface area contributed by atoms with Crippen LogP contribution in [0.25, 0.3) is 0 Å². The largest absolute Gasteiger partial charge is 0.354 e. The van der Waals surface area contributed by atoms with Crippen LogP contribution in [-0.4, -0.2) is 34.5 Å². The van der Waals surface area contributed by atoms with Gasteiger partial charge in [0.25, 0.3) is 10.1 Å². The fourth-order valence-electron chi connectivity index (χ4n) is 1.78. The lowest BCUT2D eigenvalue weighted by atomic mass is 10.2. The molecule has 8 nitrogen and oxygen atoms in total. The number of hydrogen-bond donors (Lipinski definition) is 3. The van der Waals surface area contributed by atoms with Gasteiger partial charge in [0.15, 0.2) is 0 Å². The maximum Gasteiger partial charge on any atom is 0.294 e. The minimum absolute atomic E-state index is 0.0355. The van der Waals surface area contributed by atoms with Gasteiger partial charge in [-0.2, -0.15) is 23.4 Å². The molecule has 1 aromatic heterocycles. The van der Waals surface area contributed by atoms with E-state index in [1.165, 1.54) is 18.2 Å². The van der Waals surface area contributed by atoms with Crippen LogP contribution in [0.3, 0.4) is 0 Å². The third kappa shape index (κ3) is 4.75. The molecule has 0 saturated carbocycles. The Labute approximate surface area is 139 Å². The molecule has 0 radical (unpaired) electrons. The maximum atomic E-state index is 11.1. The van der Waals surface area contributed by atoms with Crippen LogP contribution in [0.15, 0.2) is 23.1 Å². The van der Waals surface area contributed by atoms with Gasteiger partial charge in [0.05, 0.1) is 4.90 Å². The lowest BCUT2D eigenvalue weighted by Gasteiger charge is -2.10. The van der Waals surface area contributed by atoms with E-state index in [0.717, 1.165) is 6.42 Å². The van der Waals surface area contributed by atoms with Gasteiger partial charge in [0, 0.05) is 12.2 Å². The van der Waals surface area contributed by atoms with E-state index >= 15 is 0 Å². The zero-order valence-corrected chi connectivity index (χ0v) is 14.1. The summed E-state index contributed by atoms with van der Waals surface area (Å²) in [6.07, 6.45) is 0.905. The van der Waals surface area contributed by atoms with E-state index in [9.17, 15) is 8.42 Å². The summed E-state index contributed by atoms with van der Waals surface area (Å²) in [7, 11) is -4.24. The first kappa shape index (κ1) is 17.4. The van der Waals surface area contributed by atoms with Crippen molar-refractivity contribution in [3.63, 3.8) is 0 Å². The molecule has 2 rings (SSSR count). The molecule has 124 valence electrons. The Kier molecular flexibility index (Phi) is 5.34. The fraction of sp³-hybridized carbons (Fsp3) is 0.308. The van der Waals surface area contributed by atoms with Crippen molar-refractivity contribution in [3.05, 3.63) is 29.0 Å². The number of rotatable bonds is 6. The Morgan fingerprint density at radius 3 is 2.52 bits per heavy atom. The van der Waals surface area contributed by atoms with E-state index in [2.05, 4.69) is 25.6 Å². The quantitative estimate of drug-likeness (QED) is 0.675. The van der Waals surface area contributed by atoms with Crippen LogP contribution in [0.2, 0.25) is 5.28 Å². The molecular formula is C13H16ClN5O3S. The van der Waals surface area contributed by atoms with Crippen LogP contribution in [0.4, 0.5) is 17.6 Å². The van der Waals surface area contributed by atoms with Crippen molar-refractivity contribution >= 4 is 39.3 Å². The number of hydrogen-bond acceptors (Lipinski definition) is 7. The van der Waals surface area contributed by atoms with Gasteiger partial charge < -0.3 is 10.6 Å². The molecular weight excluding hydrogens is 342 g/mol. The first-order valence-electron chi connectivity index (χ1n) is 6.80. The first-order chi connectivity index (χ1) is 10.8. The van der Waals surface area contributed by atoms with Crippen molar-refractivity contribution in [1.29, 1.82) is 0 Å². The lowest BCUT2D eigenvalue weighted by Crippen LogP contribution is -2.08. The zero-order valence-electron chi connectivity index (χ0n) is 12.5. The average molecular weight is 358 g/mol. The Morgan fingerprint density at radius 1 is 1.22 bits per heavy atom. The predicted octanol–water partition coefficient (Wildman–Crippen LogP) is 2.65. The average Bonchev–Trinajstić information content (AvgIpc) is 2.45. The number of benzene rings is 1. The number of aromatic nitrogens is 3. The van der Waals surface area contributed by atoms with E-state index in [1.54, 1.807) is 6.92 Å². The van der Waals surface area contributed by atoms with Crippen LogP contribution >= 0.6 is 11.6 Å². The van der Waals surface area contributed by atoms with Gasteiger partial charge in [0.1, 0.15) is 0 Å². The van der Waals surface area contributed by atoms with Crippen molar-refractivity contribution in [3.8, 4) is 0 Å². The Bertz CT molecular complexity index is 813. The van der Waals surface area contributed by atoms with Crippen molar-refractivity contribution in [2.24, 2.45) is 0 Å². The highest BCUT2D eigenvalue weighted by Crippen LogP contribution is 2.22. The fourth-order valence-corrected chi connectivity index (χ4v) is 2.50. The normalized spacial score (nSPS) is 11.3. The molecule has 0 fully saturated rings. The Hall–Kier alpha value is -1.97. The molecule has 0 aliphatic rings. The van der Waals surface area contributed by atoms with E-state index < -0.39 is 10.1 Å². The summed E-state index contributed by atoms with van der Waals surface area (Å²) in [4.78, 5) is 11.9. The minimum Gasteiger partial charge on any atom is -0.354 e. The van der Waals surface area contributed by atoms with Gasteiger partial charge in [0.2, 0.25) is 17.2 Å². The third-order valence-corrected chi connectivity index (χ3v) is 3.90. The van der Waals surface area contributed by atoms with Crippen molar-refractivity contribution in [2.45, 2.75) is 25.2 Å². The standard InChI is InChI=1S/C13H16ClN5O3S/c1-3-6-15-12-17-11(14)18-13(19-12)16-10-5-4-9(7-8(10)2)23(20,21)22/h4-5,7H,3,6H2,1-2H3,(H,20,21,22)(H2,15,16,17,18,19). The molecule has 1 heterocycles. The van der Waals surface area contributed by atoms with Gasteiger partial charge in [-0.15, -0.1) is 0 Å². The van der Waals surface area contributed by atoms with E-state index in [1.807, 2.05) is 6.92 Å². The zero-order chi connectivity index (χ0) is 17.0. The molecule has 23 heavy (non-hydrogen) atoms. The summed E-state index contributed by atoms with van der Waals surface area (Å²) in [5.74, 6) is 0.577. The number of aryl methyl sites for hydroxylation is 1. The second-order valence-corrected chi connectivity index (χ2v) is 6.51. The topological polar surface area (TPSA) is 117 Å². The van der Waals surface area contributed by atoms with Gasteiger partial charge in [-0.1, -0.05) is 6.92 Å². The van der Waals surface area contributed by atoms with Gasteiger partial charge in [-0.25, -0.2) is 0 Å². The minimum atomic E-state index is -4.24. The highest BCUT2D eigenvalue weighted by molar-refractivity contribution is 7.85. The molecule has 0 atom stereocenters. The maximum absolute atomic E-state index is 11.1. The smallest absolute Gasteiger partial charge is 0.294 e. The lowest BCUT2D eigenvalue weighted by molar-refractivity contribution is 0.483. The molecule has 0 saturated heterocycles. The van der Waals surface area contributed by atoms with Crippen LogP contribution < -0.4 is 10.6 Å². The molecule has 1 aromatic carbocycles. The molecule has 0 unspecified atom stereocenters. The molecule has 3 N–H and O–H groups in total. The second kappa shape index (κ2) is 7.07. The number of nitrogens with zero attached hydrogens (tertiary/aromatic N) is 3. The SMILES string of the molecule is CCCNc1nc(Cl)nc(Nc2ccc(S(=O)(=O)O)cc2C)n1.